The van der Waals surface area contributed by atoms with Gasteiger partial charge in [-0.05, 0) is 43.2 Å². The van der Waals surface area contributed by atoms with Crippen molar-refractivity contribution < 1.29 is 0 Å². The quantitative estimate of drug-likeness (QED) is 0.803. The van der Waals surface area contributed by atoms with Gasteiger partial charge in [0.1, 0.15) is 11.1 Å². The second-order valence-corrected chi connectivity index (χ2v) is 5.44. The van der Waals surface area contributed by atoms with E-state index in [4.69, 9.17) is 5.26 Å². The Bertz CT molecular complexity index is 723. The SMILES string of the molecule is Cc1cc(C)c(C#N)c(SCc2cccc(C#N)c2)n1. The van der Waals surface area contributed by atoms with Crippen LogP contribution >= 0.6 is 11.8 Å². The van der Waals surface area contributed by atoms with Crippen molar-refractivity contribution in [3.05, 3.63) is 58.3 Å². The summed E-state index contributed by atoms with van der Waals surface area (Å²) in [5, 5.41) is 18.9. The van der Waals surface area contributed by atoms with Crippen LogP contribution in [-0.2, 0) is 5.75 Å². The number of hydrogen-bond acceptors (Lipinski definition) is 4. The van der Waals surface area contributed by atoms with Gasteiger partial charge in [-0.1, -0.05) is 12.1 Å². The second-order valence-electron chi connectivity index (χ2n) is 4.47. The van der Waals surface area contributed by atoms with Gasteiger partial charge in [0, 0.05) is 11.4 Å². The molecule has 3 nitrogen and oxygen atoms in total. The van der Waals surface area contributed by atoms with E-state index in [1.54, 1.807) is 6.07 Å². The molecule has 0 fully saturated rings. The van der Waals surface area contributed by atoms with Crippen LogP contribution in [0.25, 0.3) is 0 Å². The molecule has 4 heteroatoms. The highest BCUT2D eigenvalue weighted by Gasteiger charge is 2.09. The fourth-order valence-corrected chi connectivity index (χ4v) is 2.97. The third-order valence-electron chi connectivity index (χ3n) is 2.85. The van der Waals surface area contributed by atoms with E-state index in [0.29, 0.717) is 16.9 Å². The Morgan fingerprint density at radius 3 is 2.65 bits per heavy atom. The Morgan fingerprint density at radius 1 is 1.15 bits per heavy atom. The van der Waals surface area contributed by atoms with Gasteiger partial charge in [-0.3, -0.25) is 0 Å². The number of rotatable bonds is 3. The van der Waals surface area contributed by atoms with E-state index >= 15 is 0 Å². The summed E-state index contributed by atoms with van der Waals surface area (Å²) >= 11 is 1.53. The van der Waals surface area contributed by atoms with Crippen molar-refractivity contribution in [2.24, 2.45) is 0 Å². The van der Waals surface area contributed by atoms with Crippen LogP contribution in [0.1, 0.15) is 27.9 Å². The standard InChI is InChI=1S/C16H13N3S/c1-11-6-12(2)19-16(15(11)9-18)20-10-14-5-3-4-13(7-14)8-17/h3-7H,10H2,1-2H3. The molecular weight excluding hydrogens is 266 g/mol. The van der Waals surface area contributed by atoms with Crippen molar-refractivity contribution in [2.45, 2.75) is 24.6 Å². The van der Waals surface area contributed by atoms with Gasteiger partial charge in [-0.2, -0.15) is 10.5 Å². The lowest BCUT2D eigenvalue weighted by Crippen LogP contribution is -1.94. The molecule has 0 amide bonds. The molecule has 0 aliphatic rings. The van der Waals surface area contributed by atoms with Gasteiger partial charge in [-0.25, -0.2) is 4.98 Å². The van der Waals surface area contributed by atoms with E-state index in [1.807, 2.05) is 38.1 Å². The van der Waals surface area contributed by atoms with E-state index < -0.39 is 0 Å². The van der Waals surface area contributed by atoms with Crippen LogP contribution in [0.4, 0.5) is 0 Å². The van der Waals surface area contributed by atoms with Crippen molar-refractivity contribution in [1.82, 2.24) is 4.98 Å². The lowest BCUT2D eigenvalue weighted by atomic mass is 10.1. The van der Waals surface area contributed by atoms with Crippen LogP contribution < -0.4 is 0 Å². The summed E-state index contributed by atoms with van der Waals surface area (Å²) in [4.78, 5) is 4.44. The van der Waals surface area contributed by atoms with Gasteiger partial charge in [0.05, 0.1) is 17.2 Å². The minimum atomic E-state index is 0.636. The normalized spacial score (nSPS) is 9.80. The lowest BCUT2D eigenvalue weighted by molar-refractivity contribution is 1.03. The minimum absolute atomic E-state index is 0.636. The minimum Gasteiger partial charge on any atom is -0.245 e. The monoisotopic (exact) mass is 279 g/mol. The number of thioether (sulfide) groups is 1. The van der Waals surface area contributed by atoms with E-state index in [9.17, 15) is 5.26 Å². The third kappa shape index (κ3) is 3.17. The molecule has 98 valence electrons. The van der Waals surface area contributed by atoms with E-state index in [1.165, 1.54) is 11.8 Å². The molecule has 0 spiro atoms. The molecular formula is C16H13N3S. The van der Waals surface area contributed by atoms with Crippen LogP contribution in [0.2, 0.25) is 0 Å². The summed E-state index contributed by atoms with van der Waals surface area (Å²) in [6, 6.07) is 13.7. The number of aromatic nitrogens is 1. The van der Waals surface area contributed by atoms with Crippen LogP contribution in [0.3, 0.4) is 0 Å². The predicted octanol–water partition coefficient (Wildman–Crippen LogP) is 3.73. The molecule has 0 bridgehead atoms. The largest absolute Gasteiger partial charge is 0.245 e. The summed E-state index contributed by atoms with van der Waals surface area (Å²) in [5.41, 5.74) is 4.20. The van der Waals surface area contributed by atoms with Crippen LogP contribution in [0, 0.1) is 36.5 Å². The zero-order valence-electron chi connectivity index (χ0n) is 11.3. The number of nitrogens with zero attached hydrogens (tertiary/aromatic N) is 3. The summed E-state index contributed by atoms with van der Waals surface area (Å²) < 4.78 is 0. The zero-order valence-corrected chi connectivity index (χ0v) is 12.2. The maximum absolute atomic E-state index is 9.22. The van der Waals surface area contributed by atoms with Crippen molar-refractivity contribution in [1.29, 1.82) is 10.5 Å². The molecule has 2 aromatic rings. The highest BCUT2D eigenvalue weighted by atomic mass is 32.2. The molecule has 0 aliphatic heterocycles. The van der Waals surface area contributed by atoms with Crippen LogP contribution in [-0.4, -0.2) is 4.98 Å². The Morgan fingerprint density at radius 2 is 1.95 bits per heavy atom. The van der Waals surface area contributed by atoms with E-state index in [0.717, 1.165) is 21.8 Å². The summed E-state index contributed by atoms with van der Waals surface area (Å²) in [5.74, 6) is 0.695. The highest BCUT2D eigenvalue weighted by molar-refractivity contribution is 7.98. The zero-order chi connectivity index (χ0) is 14.5. The number of pyridine rings is 1. The molecule has 0 unspecified atom stereocenters. The molecule has 2 rings (SSSR count). The van der Waals surface area contributed by atoms with E-state index in [2.05, 4.69) is 17.1 Å². The van der Waals surface area contributed by atoms with Gasteiger partial charge in [0.25, 0.3) is 0 Å². The second kappa shape index (κ2) is 6.23. The molecule has 0 atom stereocenters. The average molecular weight is 279 g/mol. The third-order valence-corrected chi connectivity index (χ3v) is 3.90. The van der Waals surface area contributed by atoms with Gasteiger partial charge < -0.3 is 0 Å². The smallest absolute Gasteiger partial charge is 0.115 e. The van der Waals surface area contributed by atoms with Crippen LogP contribution in [0.5, 0.6) is 0 Å². The van der Waals surface area contributed by atoms with Crippen molar-refractivity contribution in [3.8, 4) is 12.1 Å². The number of hydrogen-bond donors (Lipinski definition) is 0. The van der Waals surface area contributed by atoms with Gasteiger partial charge >= 0.3 is 0 Å². The fraction of sp³-hybridized carbons (Fsp3) is 0.188. The maximum Gasteiger partial charge on any atom is 0.115 e. The first-order valence-corrected chi connectivity index (χ1v) is 7.13. The van der Waals surface area contributed by atoms with Crippen LogP contribution in [0.15, 0.2) is 35.4 Å². The fourth-order valence-electron chi connectivity index (χ4n) is 1.93. The maximum atomic E-state index is 9.22. The van der Waals surface area contributed by atoms with Crippen molar-refractivity contribution in [2.75, 3.05) is 0 Å². The first-order valence-electron chi connectivity index (χ1n) is 6.14. The summed E-state index contributed by atoms with van der Waals surface area (Å²) in [6.07, 6.45) is 0. The topological polar surface area (TPSA) is 60.5 Å². The van der Waals surface area contributed by atoms with Gasteiger partial charge in [0.2, 0.25) is 0 Å². The predicted molar refractivity (Wildman–Crippen MR) is 79.1 cm³/mol. The van der Waals surface area contributed by atoms with Crippen molar-refractivity contribution in [3.63, 3.8) is 0 Å². The molecule has 1 heterocycles. The molecule has 0 saturated heterocycles. The molecule has 0 saturated carbocycles. The Kier molecular flexibility index (Phi) is 4.40. The number of aryl methyl sites for hydroxylation is 2. The first-order chi connectivity index (χ1) is 9.63. The molecule has 1 aromatic carbocycles. The van der Waals surface area contributed by atoms with Gasteiger partial charge in [-0.15, -0.1) is 11.8 Å². The molecule has 0 radical (unpaired) electrons. The molecule has 20 heavy (non-hydrogen) atoms. The number of nitriles is 2. The Hall–Kier alpha value is -2.30. The highest BCUT2D eigenvalue weighted by Crippen LogP contribution is 2.26. The first kappa shape index (κ1) is 14.1. The molecule has 0 aliphatic carbocycles. The van der Waals surface area contributed by atoms with Gasteiger partial charge in [0.15, 0.2) is 0 Å². The number of benzene rings is 1. The Balaban J connectivity index is 2.23. The summed E-state index contributed by atoms with van der Waals surface area (Å²) in [7, 11) is 0. The average Bonchev–Trinajstić information content (AvgIpc) is 2.45. The lowest BCUT2D eigenvalue weighted by Gasteiger charge is -2.07. The van der Waals surface area contributed by atoms with E-state index in [-0.39, 0.29) is 0 Å². The molecule has 0 N–H and O–H groups in total. The summed E-state index contributed by atoms with van der Waals surface area (Å²) in [6.45, 7) is 3.85. The molecule has 1 aromatic heterocycles. The van der Waals surface area contributed by atoms with Crippen molar-refractivity contribution >= 4 is 11.8 Å². The Labute approximate surface area is 122 Å².